The van der Waals surface area contributed by atoms with E-state index in [4.69, 9.17) is 0 Å². The minimum Gasteiger partial charge on any atom is -0.357 e. The summed E-state index contributed by atoms with van der Waals surface area (Å²) in [6.07, 6.45) is 5.21. The zero-order valence-electron chi connectivity index (χ0n) is 14.0. The van der Waals surface area contributed by atoms with Crippen LogP contribution in [0.2, 0.25) is 0 Å². The molecule has 25 heavy (non-hydrogen) atoms. The molecule has 4 rings (SSSR count). The van der Waals surface area contributed by atoms with Gasteiger partial charge in [-0.25, -0.2) is 4.98 Å². The lowest BCUT2D eigenvalue weighted by molar-refractivity contribution is 0.0944. The molecule has 0 bridgehead atoms. The Balaban J connectivity index is 0.00000182. The summed E-state index contributed by atoms with van der Waals surface area (Å²) in [6.45, 7) is 4.25. The number of pyridine rings is 1. The third-order valence-electron chi connectivity index (χ3n) is 4.71. The predicted octanol–water partition coefficient (Wildman–Crippen LogP) is 1.40. The Bertz CT molecular complexity index is 723. The molecule has 0 unspecified atom stereocenters. The first-order valence-electron chi connectivity index (χ1n) is 8.56. The van der Waals surface area contributed by atoms with Crippen molar-refractivity contribution in [2.75, 3.05) is 24.5 Å². The van der Waals surface area contributed by atoms with E-state index in [1.807, 2.05) is 18.3 Å². The van der Waals surface area contributed by atoms with Crippen molar-refractivity contribution in [1.82, 2.24) is 25.8 Å². The van der Waals surface area contributed by atoms with E-state index in [9.17, 15) is 4.79 Å². The van der Waals surface area contributed by atoms with Crippen molar-refractivity contribution < 1.29 is 4.79 Å². The number of halogens is 1. The second kappa shape index (κ2) is 7.84. The van der Waals surface area contributed by atoms with Gasteiger partial charge in [-0.05, 0) is 24.5 Å². The van der Waals surface area contributed by atoms with E-state index in [0.29, 0.717) is 18.8 Å². The van der Waals surface area contributed by atoms with E-state index >= 15 is 0 Å². The second-order valence-electron chi connectivity index (χ2n) is 6.36. The molecular formula is C17H23ClN6O. The van der Waals surface area contributed by atoms with Crippen molar-refractivity contribution in [1.29, 1.82) is 0 Å². The largest absolute Gasteiger partial charge is 0.357 e. The van der Waals surface area contributed by atoms with E-state index < -0.39 is 0 Å². The molecule has 134 valence electrons. The van der Waals surface area contributed by atoms with E-state index in [2.05, 4.69) is 30.7 Å². The molecule has 1 fully saturated rings. The standard InChI is InChI=1S/C17H22N6O.ClH/c24-17(16-13-11-18-6-5-14(13)21-22-16)20-10-12-3-4-15(19-9-12)23-7-1-2-8-23;/h3-4,9,18H,1-2,5-8,10-11H2,(H,20,24)(H,21,22);1H. The molecule has 1 amide bonds. The molecule has 0 saturated carbocycles. The van der Waals surface area contributed by atoms with E-state index in [-0.39, 0.29) is 18.3 Å². The lowest BCUT2D eigenvalue weighted by Gasteiger charge is -2.16. The fourth-order valence-corrected chi connectivity index (χ4v) is 3.33. The number of carbonyl (C=O) groups excluding carboxylic acids is 1. The number of amides is 1. The number of carbonyl (C=O) groups is 1. The molecule has 0 aromatic carbocycles. The Kier molecular flexibility index (Phi) is 5.55. The van der Waals surface area contributed by atoms with Crippen LogP contribution in [0.15, 0.2) is 18.3 Å². The smallest absolute Gasteiger partial charge is 0.272 e. The quantitative estimate of drug-likeness (QED) is 0.765. The number of nitrogens with zero attached hydrogens (tertiary/aromatic N) is 3. The van der Waals surface area contributed by atoms with Gasteiger partial charge in [0.05, 0.1) is 0 Å². The van der Waals surface area contributed by atoms with Gasteiger partial charge in [-0.2, -0.15) is 5.10 Å². The lowest BCUT2D eigenvalue weighted by atomic mass is 10.1. The number of H-pyrrole nitrogens is 1. The Morgan fingerprint density at radius 2 is 2.12 bits per heavy atom. The van der Waals surface area contributed by atoms with Crippen LogP contribution >= 0.6 is 12.4 Å². The highest BCUT2D eigenvalue weighted by Gasteiger charge is 2.21. The monoisotopic (exact) mass is 362 g/mol. The summed E-state index contributed by atoms with van der Waals surface area (Å²) in [5.41, 5.74) is 3.55. The molecule has 2 aliphatic heterocycles. The molecule has 2 aliphatic rings. The highest BCUT2D eigenvalue weighted by molar-refractivity contribution is 5.94. The van der Waals surface area contributed by atoms with Crippen LogP contribution in [-0.4, -0.2) is 40.7 Å². The number of hydrogen-bond donors (Lipinski definition) is 3. The molecule has 0 atom stereocenters. The van der Waals surface area contributed by atoms with Gasteiger partial charge in [-0.15, -0.1) is 12.4 Å². The molecule has 0 spiro atoms. The topological polar surface area (TPSA) is 85.9 Å². The zero-order valence-corrected chi connectivity index (χ0v) is 14.9. The maximum absolute atomic E-state index is 12.4. The highest BCUT2D eigenvalue weighted by Crippen LogP contribution is 2.18. The van der Waals surface area contributed by atoms with Crippen molar-refractivity contribution in [2.24, 2.45) is 0 Å². The third-order valence-corrected chi connectivity index (χ3v) is 4.71. The summed E-state index contributed by atoms with van der Waals surface area (Å²) >= 11 is 0. The fourth-order valence-electron chi connectivity index (χ4n) is 3.33. The number of aromatic nitrogens is 3. The lowest BCUT2D eigenvalue weighted by Crippen LogP contribution is -2.28. The summed E-state index contributed by atoms with van der Waals surface area (Å²) in [4.78, 5) is 19.2. The average Bonchev–Trinajstić information content (AvgIpc) is 3.30. The fraction of sp³-hybridized carbons (Fsp3) is 0.471. The Hall–Kier alpha value is -2.12. The van der Waals surface area contributed by atoms with Crippen molar-refractivity contribution in [3.8, 4) is 0 Å². The number of anilines is 1. The molecule has 8 heteroatoms. The van der Waals surface area contributed by atoms with Gasteiger partial charge in [-0.3, -0.25) is 9.89 Å². The maximum atomic E-state index is 12.4. The molecule has 2 aromatic rings. The summed E-state index contributed by atoms with van der Waals surface area (Å²) in [7, 11) is 0. The van der Waals surface area contributed by atoms with Crippen LogP contribution in [-0.2, 0) is 19.5 Å². The number of fused-ring (bicyclic) bond motifs is 1. The van der Waals surface area contributed by atoms with Crippen molar-refractivity contribution >= 4 is 24.1 Å². The average molecular weight is 363 g/mol. The third kappa shape index (κ3) is 3.77. The number of aromatic amines is 1. The summed E-state index contributed by atoms with van der Waals surface area (Å²) < 4.78 is 0. The number of nitrogens with one attached hydrogen (secondary N) is 3. The van der Waals surface area contributed by atoms with Gasteiger partial charge < -0.3 is 15.5 Å². The first-order chi connectivity index (χ1) is 11.8. The van der Waals surface area contributed by atoms with Gasteiger partial charge in [0.1, 0.15) is 5.82 Å². The molecule has 0 radical (unpaired) electrons. The van der Waals surface area contributed by atoms with Crippen molar-refractivity contribution in [2.45, 2.75) is 32.4 Å². The van der Waals surface area contributed by atoms with E-state index in [1.54, 1.807) is 0 Å². The van der Waals surface area contributed by atoms with Crippen LogP contribution in [0.4, 0.5) is 5.82 Å². The van der Waals surface area contributed by atoms with Gasteiger partial charge in [0.2, 0.25) is 0 Å². The minimum absolute atomic E-state index is 0. The van der Waals surface area contributed by atoms with Crippen LogP contribution in [0, 0.1) is 0 Å². The van der Waals surface area contributed by atoms with Gasteiger partial charge in [0.15, 0.2) is 5.69 Å². The number of hydrogen-bond acceptors (Lipinski definition) is 5. The Labute approximate surface area is 153 Å². The summed E-state index contributed by atoms with van der Waals surface area (Å²) in [5, 5.41) is 13.4. The molecule has 3 N–H and O–H groups in total. The Morgan fingerprint density at radius 3 is 2.88 bits per heavy atom. The predicted molar refractivity (Wildman–Crippen MR) is 98.1 cm³/mol. The molecule has 0 aliphatic carbocycles. The van der Waals surface area contributed by atoms with Gasteiger partial charge in [-0.1, -0.05) is 6.07 Å². The molecule has 1 saturated heterocycles. The van der Waals surface area contributed by atoms with Gasteiger partial charge in [0.25, 0.3) is 5.91 Å². The second-order valence-corrected chi connectivity index (χ2v) is 6.36. The normalized spacial score (nSPS) is 16.2. The summed E-state index contributed by atoms with van der Waals surface area (Å²) in [5.74, 6) is 0.884. The van der Waals surface area contributed by atoms with Crippen LogP contribution in [0.5, 0.6) is 0 Å². The first kappa shape index (κ1) is 17.7. The SMILES string of the molecule is Cl.O=C(NCc1ccc(N2CCCC2)nc1)c1n[nH]c2c1CNCC2. The first-order valence-corrected chi connectivity index (χ1v) is 8.56. The molecule has 7 nitrogen and oxygen atoms in total. The Morgan fingerprint density at radius 1 is 1.28 bits per heavy atom. The molecular weight excluding hydrogens is 340 g/mol. The van der Waals surface area contributed by atoms with Crippen LogP contribution in [0.1, 0.15) is 40.2 Å². The highest BCUT2D eigenvalue weighted by atomic mass is 35.5. The van der Waals surface area contributed by atoms with Crippen LogP contribution in [0.25, 0.3) is 0 Å². The van der Waals surface area contributed by atoms with E-state index in [0.717, 1.165) is 48.7 Å². The molecule has 2 aromatic heterocycles. The van der Waals surface area contributed by atoms with Crippen LogP contribution in [0.3, 0.4) is 0 Å². The van der Waals surface area contributed by atoms with Crippen molar-refractivity contribution in [3.05, 3.63) is 40.8 Å². The summed E-state index contributed by atoms with van der Waals surface area (Å²) in [6, 6.07) is 4.07. The molecule has 4 heterocycles. The van der Waals surface area contributed by atoms with Gasteiger partial charge in [0, 0.05) is 56.6 Å². The maximum Gasteiger partial charge on any atom is 0.272 e. The zero-order chi connectivity index (χ0) is 16.4. The van der Waals surface area contributed by atoms with E-state index in [1.165, 1.54) is 12.8 Å². The minimum atomic E-state index is -0.139. The number of rotatable bonds is 4. The van der Waals surface area contributed by atoms with Crippen molar-refractivity contribution in [3.63, 3.8) is 0 Å². The van der Waals surface area contributed by atoms with Gasteiger partial charge >= 0.3 is 0 Å². The van der Waals surface area contributed by atoms with Crippen LogP contribution < -0.4 is 15.5 Å².